The zero-order chi connectivity index (χ0) is 9.38. The Labute approximate surface area is 82.9 Å². The van der Waals surface area contributed by atoms with Crippen LogP contribution < -0.4 is 5.32 Å². The van der Waals surface area contributed by atoms with Gasteiger partial charge in [-0.1, -0.05) is 0 Å². The van der Waals surface area contributed by atoms with E-state index in [4.69, 9.17) is 0 Å². The van der Waals surface area contributed by atoms with Crippen molar-refractivity contribution in [2.24, 2.45) is 11.8 Å². The lowest BCUT2D eigenvalue weighted by Crippen LogP contribution is -2.25. The maximum Gasteiger partial charge on any atom is 0.138 e. The lowest BCUT2D eigenvalue weighted by atomic mass is 10.0. The second kappa shape index (κ2) is 3.33. The van der Waals surface area contributed by atoms with E-state index in [0.29, 0.717) is 0 Å². The molecule has 1 aromatic rings. The normalized spacial score (nSPS) is 32.3. The van der Waals surface area contributed by atoms with Crippen molar-refractivity contribution in [3.05, 3.63) is 12.2 Å². The summed E-state index contributed by atoms with van der Waals surface area (Å²) in [5, 5.41) is 10.2. The maximum atomic E-state index is 4.15. The molecule has 2 saturated heterocycles. The van der Waals surface area contributed by atoms with Crippen LogP contribution in [0.2, 0.25) is 0 Å². The van der Waals surface area contributed by atoms with Crippen LogP contribution in [-0.4, -0.2) is 46.3 Å². The van der Waals surface area contributed by atoms with Crippen molar-refractivity contribution >= 4 is 0 Å². The van der Waals surface area contributed by atoms with Crippen molar-refractivity contribution in [3.8, 4) is 0 Å². The van der Waals surface area contributed by atoms with Gasteiger partial charge in [-0.3, -0.25) is 10.00 Å². The molecule has 0 spiro atoms. The van der Waals surface area contributed by atoms with Crippen molar-refractivity contribution in [1.82, 2.24) is 25.4 Å². The molecule has 0 aromatic carbocycles. The van der Waals surface area contributed by atoms with Crippen LogP contribution in [0, 0.1) is 11.8 Å². The smallest absolute Gasteiger partial charge is 0.138 e. The quantitative estimate of drug-likeness (QED) is 0.662. The van der Waals surface area contributed by atoms with E-state index in [1.807, 2.05) is 0 Å². The first-order valence-corrected chi connectivity index (χ1v) is 5.19. The number of nitrogens with one attached hydrogen (secondary N) is 2. The van der Waals surface area contributed by atoms with E-state index in [9.17, 15) is 0 Å². The molecule has 5 nitrogen and oxygen atoms in total. The van der Waals surface area contributed by atoms with Crippen molar-refractivity contribution in [2.75, 3.05) is 26.2 Å². The largest absolute Gasteiger partial charge is 0.316 e. The highest BCUT2D eigenvalue weighted by molar-refractivity contribution is 4.93. The standard InChI is InChI=1S/C9H15N5/c1-7-3-14(4-8(7)2-10-1)5-9-11-6-12-13-9/h6-8,10H,1-5H2,(H,11,12,13)/t7-,8+. The molecule has 2 atom stereocenters. The van der Waals surface area contributed by atoms with E-state index in [0.717, 1.165) is 24.2 Å². The first-order chi connectivity index (χ1) is 6.92. The van der Waals surface area contributed by atoms with Gasteiger partial charge in [0.2, 0.25) is 0 Å². The first-order valence-electron chi connectivity index (χ1n) is 5.19. The first kappa shape index (κ1) is 8.38. The molecule has 14 heavy (non-hydrogen) atoms. The molecule has 2 aliphatic heterocycles. The van der Waals surface area contributed by atoms with Gasteiger partial charge in [-0.25, -0.2) is 4.98 Å². The van der Waals surface area contributed by atoms with Crippen molar-refractivity contribution < 1.29 is 0 Å². The molecule has 0 saturated carbocycles. The van der Waals surface area contributed by atoms with Crippen LogP contribution in [0.1, 0.15) is 5.82 Å². The molecule has 3 heterocycles. The Morgan fingerprint density at radius 1 is 1.36 bits per heavy atom. The molecule has 1 aromatic heterocycles. The summed E-state index contributed by atoms with van der Waals surface area (Å²) in [5.74, 6) is 2.70. The van der Waals surface area contributed by atoms with E-state index >= 15 is 0 Å². The fourth-order valence-corrected chi connectivity index (χ4v) is 2.60. The summed E-state index contributed by atoms with van der Waals surface area (Å²) in [6.45, 7) is 5.72. The third-order valence-corrected chi connectivity index (χ3v) is 3.30. The van der Waals surface area contributed by atoms with Gasteiger partial charge in [-0.05, 0) is 24.9 Å². The van der Waals surface area contributed by atoms with Crippen LogP contribution >= 0.6 is 0 Å². The molecule has 2 fully saturated rings. The van der Waals surface area contributed by atoms with Crippen LogP contribution in [0.3, 0.4) is 0 Å². The fraction of sp³-hybridized carbons (Fsp3) is 0.778. The minimum atomic E-state index is 0.859. The molecule has 76 valence electrons. The highest BCUT2D eigenvalue weighted by atomic mass is 15.2. The number of fused-ring (bicyclic) bond motifs is 1. The number of hydrogen-bond donors (Lipinski definition) is 2. The summed E-state index contributed by atoms with van der Waals surface area (Å²) in [7, 11) is 0. The average molecular weight is 193 g/mol. The second-order valence-electron chi connectivity index (χ2n) is 4.30. The van der Waals surface area contributed by atoms with Gasteiger partial charge in [-0.15, -0.1) is 0 Å². The molecular formula is C9H15N5. The molecule has 2 aliphatic rings. The monoisotopic (exact) mass is 193 g/mol. The van der Waals surface area contributed by atoms with Crippen molar-refractivity contribution in [2.45, 2.75) is 6.54 Å². The van der Waals surface area contributed by atoms with Crippen LogP contribution in [0.5, 0.6) is 0 Å². The minimum absolute atomic E-state index is 0.859. The van der Waals surface area contributed by atoms with Crippen molar-refractivity contribution in [3.63, 3.8) is 0 Å². The molecule has 0 amide bonds. The number of aromatic amines is 1. The van der Waals surface area contributed by atoms with Gasteiger partial charge in [0, 0.05) is 13.1 Å². The number of nitrogens with zero attached hydrogens (tertiary/aromatic N) is 3. The lowest BCUT2D eigenvalue weighted by molar-refractivity contribution is 0.298. The summed E-state index contributed by atoms with van der Waals surface area (Å²) < 4.78 is 0. The zero-order valence-corrected chi connectivity index (χ0v) is 8.11. The van der Waals surface area contributed by atoms with Gasteiger partial charge < -0.3 is 5.32 Å². The highest BCUT2D eigenvalue weighted by Gasteiger charge is 2.35. The van der Waals surface area contributed by atoms with E-state index in [1.165, 1.54) is 26.2 Å². The number of H-pyrrole nitrogens is 1. The van der Waals surface area contributed by atoms with Gasteiger partial charge in [0.05, 0.1) is 6.54 Å². The fourth-order valence-electron chi connectivity index (χ4n) is 2.60. The van der Waals surface area contributed by atoms with E-state index in [1.54, 1.807) is 6.33 Å². The molecule has 0 aliphatic carbocycles. The topological polar surface area (TPSA) is 56.8 Å². The number of rotatable bonds is 2. The Balaban J connectivity index is 1.61. The van der Waals surface area contributed by atoms with Gasteiger partial charge in [-0.2, -0.15) is 5.10 Å². The van der Waals surface area contributed by atoms with Crippen LogP contribution in [-0.2, 0) is 6.54 Å². The Morgan fingerprint density at radius 2 is 2.14 bits per heavy atom. The van der Waals surface area contributed by atoms with E-state index in [-0.39, 0.29) is 0 Å². The second-order valence-corrected chi connectivity index (χ2v) is 4.30. The summed E-state index contributed by atoms with van der Waals surface area (Å²) in [4.78, 5) is 6.62. The predicted molar refractivity (Wildman–Crippen MR) is 51.5 cm³/mol. The summed E-state index contributed by atoms with van der Waals surface area (Å²) in [6, 6.07) is 0. The lowest BCUT2D eigenvalue weighted by Gasteiger charge is -2.14. The predicted octanol–water partition coefficient (Wildman–Crippen LogP) is -0.544. The zero-order valence-electron chi connectivity index (χ0n) is 8.11. The number of aromatic nitrogens is 3. The number of hydrogen-bond acceptors (Lipinski definition) is 4. The van der Waals surface area contributed by atoms with Gasteiger partial charge in [0.15, 0.2) is 0 Å². The molecule has 5 heteroatoms. The molecule has 0 radical (unpaired) electrons. The highest BCUT2D eigenvalue weighted by Crippen LogP contribution is 2.26. The SMILES string of the molecule is c1n[nH]c(CN2C[C@H]3CNC[C@H]3C2)n1. The average Bonchev–Trinajstić information content (AvgIpc) is 2.78. The van der Waals surface area contributed by atoms with E-state index in [2.05, 4.69) is 25.4 Å². The van der Waals surface area contributed by atoms with Gasteiger partial charge >= 0.3 is 0 Å². The van der Waals surface area contributed by atoms with Gasteiger partial charge in [0.1, 0.15) is 12.2 Å². The van der Waals surface area contributed by atoms with Crippen LogP contribution in [0.4, 0.5) is 0 Å². The Hall–Kier alpha value is -0.940. The Kier molecular flexibility index (Phi) is 1.99. The number of likely N-dealkylation sites (tertiary alicyclic amines) is 1. The van der Waals surface area contributed by atoms with E-state index < -0.39 is 0 Å². The minimum Gasteiger partial charge on any atom is -0.316 e. The third kappa shape index (κ3) is 1.42. The molecular weight excluding hydrogens is 178 g/mol. The molecule has 3 rings (SSSR count). The maximum absolute atomic E-state index is 4.15. The van der Waals surface area contributed by atoms with Crippen molar-refractivity contribution in [1.29, 1.82) is 0 Å². The summed E-state index contributed by atoms with van der Waals surface area (Å²) in [5.41, 5.74) is 0. The third-order valence-electron chi connectivity index (χ3n) is 3.30. The molecule has 0 bridgehead atoms. The van der Waals surface area contributed by atoms with Gasteiger partial charge in [0.25, 0.3) is 0 Å². The van der Waals surface area contributed by atoms with Crippen LogP contribution in [0.25, 0.3) is 0 Å². The Bertz CT molecular complexity index is 284. The van der Waals surface area contributed by atoms with Crippen LogP contribution in [0.15, 0.2) is 6.33 Å². The summed E-state index contributed by atoms with van der Waals surface area (Å²) >= 11 is 0. The molecule has 2 N–H and O–H groups in total. The molecule has 0 unspecified atom stereocenters. The Morgan fingerprint density at radius 3 is 2.79 bits per heavy atom. The summed E-state index contributed by atoms with van der Waals surface area (Å²) in [6.07, 6.45) is 1.58.